The number of aliphatic hydroxyl groups excluding tert-OH is 1. The maximum absolute atomic E-state index is 13.8. The van der Waals surface area contributed by atoms with Gasteiger partial charge in [0.1, 0.15) is 12.3 Å². The van der Waals surface area contributed by atoms with Crippen LogP contribution in [-0.2, 0) is 17.8 Å². The third-order valence-corrected chi connectivity index (χ3v) is 9.37. The molecule has 0 radical (unpaired) electrons. The third kappa shape index (κ3) is 7.60. The average molecular weight is 607 g/mol. The van der Waals surface area contributed by atoms with Crippen molar-refractivity contribution in [2.45, 2.75) is 76.7 Å². The first-order valence-electron chi connectivity index (χ1n) is 16.2. The van der Waals surface area contributed by atoms with Crippen LogP contribution in [0.4, 0.5) is 0 Å². The maximum Gasteiger partial charge on any atom is 0.254 e. The Balaban J connectivity index is 1.14. The van der Waals surface area contributed by atoms with Crippen LogP contribution in [0.5, 0.6) is 0 Å². The number of amides is 1. The van der Waals surface area contributed by atoms with Gasteiger partial charge in [0.25, 0.3) is 5.91 Å². The number of likely N-dealkylation sites (tertiary alicyclic amines) is 1. The van der Waals surface area contributed by atoms with Gasteiger partial charge in [0, 0.05) is 24.1 Å². The molecule has 7 nitrogen and oxygen atoms in total. The van der Waals surface area contributed by atoms with E-state index < -0.39 is 6.10 Å². The molecule has 1 aliphatic heterocycles. The molecule has 7 heteroatoms. The molecule has 3 aromatic carbocycles. The lowest BCUT2D eigenvalue weighted by molar-refractivity contribution is 0.0184. The Morgan fingerprint density at radius 3 is 2.42 bits per heavy atom. The summed E-state index contributed by atoms with van der Waals surface area (Å²) in [5.41, 5.74) is 3.99. The molecule has 1 saturated heterocycles. The zero-order chi connectivity index (χ0) is 31.2. The van der Waals surface area contributed by atoms with E-state index in [1.807, 2.05) is 55.5 Å². The third-order valence-electron chi connectivity index (χ3n) is 9.37. The van der Waals surface area contributed by atoms with Gasteiger partial charge in [0.05, 0.1) is 24.5 Å². The lowest BCUT2D eigenvalue weighted by Gasteiger charge is -2.28. The van der Waals surface area contributed by atoms with E-state index in [1.54, 1.807) is 35.4 Å². The number of aryl methyl sites for hydroxylation is 1. The van der Waals surface area contributed by atoms with Crippen molar-refractivity contribution >= 4 is 11.7 Å². The number of hydrogen-bond donors (Lipinski definition) is 1. The molecule has 1 aliphatic carbocycles. The Bertz CT molecular complexity index is 1570. The number of Topliss-reactive ketones (excluding diaryl/α,β-unsaturated/α-hetero) is 1. The van der Waals surface area contributed by atoms with E-state index in [1.165, 1.54) is 0 Å². The van der Waals surface area contributed by atoms with Crippen molar-refractivity contribution in [1.82, 2.24) is 9.88 Å². The molecule has 2 aliphatic rings. The Morgan fingerprint density at radius 2 is 1.69 bits per heavy atom. The summed E-state index contributed by atoms with van der Waals surface area (Å²) in [4.78, 5) is 33.7. The summed E-state index contributed by atoms with van der Waals surface area (Å²) in [6.07, 6.45) is 6.07. The van der Waals surface area contributed by atoms with Crippen molar-refractivity contribution in [3.05, 3.63) is 125 Å². The van der Waals surface area contributed by atoms with Crippen LogP contribution in [0.15, 0.2) is 95.6 Å². The number of aliphatic hydroxyl groups is 1. The second kappa shape index (κ2) is 14.4. The minimum absolute atomic E-state index is 0.0612. The second-order valence-corrected chi connectivity index (χ2v) is 12.6. The van der Waals surface area contributed by atoms with Gasteiger partial charge in [0.2, 0.25) is 5.89 Å². The molecule has 0 bridgehead atoms. The minimum atomic E-state index is -0.640. The Hall–Kier alpha value is -4.07. The van der Waals surface area contributed by atoms with Gasteiger partial charge in [0.15, 0.2) is 5.78 Å². The van der Waals surface area contributed by atoms with Gasteiger partial charge >= 0.3 is 0 Å². The molecular formula is C38H42N2O5. The summed E-state index contributed by atoms with van der Waals surface area (Å²) in [6.45, 7) is 3.05. The number of ether oxygens (including phenoxy) is 1. The number of carbonyl (C=O) groups is 2. The first kappa shape index (κ1) is 30.9. The summed E-state index contributed by atoms with van der Waals surface area (Å²) < 4.78 is 11.8. The van der Waals surface area contributed by atoms with Gasteiger partial charge < -0.3 is 19.2 Å². The largest absolute Gasteiger partial charge is 0.446 e. The van der Waals surface area contributed by atoms with Crippen molar-refractivity contribution in [2.24, 2.45) is 11.8 Å². The highest BCUT2D eigenvalue weighted by Crippen LogP contribution is 2.36. The lowest BCUT2D eigenvalue weighted by atomic mass is 9.81. The van der Waals surface area contributed by atoms with Gasteiger partial charge in [-0.1, -0.05) is 72.8 Å². The predicted octanol–water partition coefficient (Wildman–Crippen LogP) is 7.14. The molecule has 234 valence electrons. The minimum Gasteiger partial charge on any atom is -0.446 e. The number of ketones is 1. The fraction of sp³-hybridized carbons (Fsp3) is 0.395. The Morgan fingerprint density at radius 1 is 0.956 bits per heavy atom. The smallest absolute Gasteiger partial charge is 0.254 e. The van der Waals surface area contributed by atoms with Crippen LogP contribution in [0.25, 0.3) is 0 Å². The SMILES string of the molecule is Cc1coc(C2CCCN2C(=O)c2cccc(C(=O)C[C@@H](Cc3ccccc3)[C@H](O)[C@@H]3CC[C@H](OCc4ccccc4)C3)c2)n1. The van der Waals surface area contributed by atoms with Gasteiger partial charge in [-0.3, -0.25) is 9.59 Å². The molecular weight excluding hydrogens is 564 g/mol. The van der Waals surface area contributed by atoms with Gasteiger partial charge in [-0.15, -0.1) is 0 Å². The molecule has 45 heavy (non-hydrogen) atoms. The number of nitrogens with zero attached hydrogens (tertiary/aromatic N) is 2. The normalized spacial score (nSPS) is 21.1. The highest BCUT2D eigenvalue weighted by Gasteiger charge is 2.36. The number of oxazole rings is 1. The zero-order valence-electron chi connectivity index (χ0n) is 25.9. The molecule has 6 rings (SSSR count). The topological polar surface area (TPSA) is 92.9 Å². The van der Waals surface area contributed by atoms with Crippen LogP contribution in [0.2, 0.25) is 0 Å². The number of hydrogen-bond acceptors (Lipinski definition) is 6. The van der Waals surface area contributed by atoms with Crippen molar-refractivity contribution < 1.29 is 23.8 Å². The van der Waals surface area contributed by atoms with E-state index in [2.05, 4.69) is 17.1 Å². The van der Waals surface area contributed by atoms with E-state index in [0.29, 0.717) is 36.6 Å². The molecule has 1 N–H and O–H groups in total. The first-order chi connectivity index (χ1) is 21.9. The van der Waals surface area contributed by atoms with Crippen LogP contribution >= 0.6 is 0 Å². The average Bonchev–Trinajstić information content (AvgIpc) is 3.85. The summed E-state index contributed by atoms with van der Waals surface area (Å²) in [5.74, 6) is 0.166. The van der Waals surface area contributed by atoms with Crippen molar-refractivity contribution in [2.75, 3.05) is 6.54 Å². The van der Waals surface area contributed by atoms with E-state index in [-0.39, 0.29) is 42.1 Å². The summed E-state index contributed by atoms with van der Waals surface area (Å²) >= 11 is 0. The second-order valence-electron chi connectivity index (χ2n) is 12.6. The standard InChI is InChI=1S/C38H42N2O5/c1-26-24-45-37(39-26)34-16-9-19-40(34)38(43)31-15-8-14-29(21-31)35(41)23-32(20-27-10-4-2-5-11-27)36(42)30-17-18-33(22-30)44-25-28-12-6-3-7-13-28/h2-8,10-15,21,24,30,32-34,36,42H,9,16-20,22-23,25H2,1H3/t30-,32-,33+,34?,36-/m1/s1. The van der Waals surface area contributed by atoms with Crippen LogP contribution in [0.1, 0.15) is 88.0 Å². The number of benzene rings is 3. The monoisotopic (exact) mass is 606 g/mol. The molecule has 1 saturated carbocycles. The maximum atomic E-state index is 13.8. The fourth-order valence-corrected chi connectivity index (χ4v) is 6.98. The fourth-order valence-electron chi connectivity index (χ4n) is 6.98. The molecule has 1 unspecified atom stereocenters. The molecule has 2 fully saturated rings. The van der Waals surface area contributed by atoms with Crippen molar-refractivity contribution in [3.63, 3.8) is 0 Å². The molecule has 1 aromatic heterocycles. The summed E-state index contributed by atoms with van der Waals surface area (Å²) in [5, 5.41) is 11.7. The lowest BCUT2D eigenvalue weighted by Crippen LogP contribution is -2.32. The number of carbonyl (C=O) groups excluding carboxylic acids is 2. The highest BCUT2D eigenvalue weighted by atomic mass is 16.5. The summed E-state index contributed by atoms with van der Waals surface area (Å²) in [6, 6.07) is 27.0. The first-order valence-corrected chi connectivity index (χ1v) is 16.2. The van der Waals surface area contributed by atoms with Crippen LogP contribution in [-0.4, -0.2) is 45.4 Å². The molecule has 2 heterocycles. The Kier molecular flexibility index (Phi) is 9.87. The number of rotatable bonds is 12. The molecule has 4 aromatic rings. The van der Waals surface area contributed by atoms with Crippen LogP contribution in [0.3, 0.4) is 0 Å². The predicted molar refractivity (Wildman–Crippen MR) is 172 cm³/mol. The van der Waals surface area contributed by atoms with Crippen LogP contribution in [0, 0.1) is 18.8 Å². The molecule has 0 spiro atoms. The summed E-state index contributed by atoms with van der Waals surface area (Å²) in [7, 11) is 0. The number of aromatic nitrogens is 1. The van der Waals surface area contributed by atoms with E-state index in [4.69, 9.17) is 9.15 Å². The van der Waals surface area contributed by atoms with Gasteiger partial charge in [-0.2, -0.15) is 0 Å². The highest BCUT2D eigenvalue weighted by molar-refractivity contribution is 6.00. The Labute approximate surface area is 265 Å². The quantitative estimate of drug-likeness (QED) is 0.172. The van der Waals surface area contributed by atoms with Crippen molar-refractivity contribution in [1.29, 1.82) is 0 Å². The van der Waals surface area contributed by atoms with E-state index in [0.717, 1.165) is 48.9 Å². The van der Waals surface area contributed by atoms with Crippen molar-refractivity contribution in [3.8, 4) is 0 Å². The van der Waals surface area contributed by atoms with Gasteiger partial charge in [-0.25, -0.2) is 4.98 Å². The molecule has 5 atom stereocenters. The van der Waals surface area contributed by atoms with Gasteiger partial charge in [-0.05, 0) is 80.5 Å². The van der Waals surface area contributed by atoms with E-state index in [9.17, 15) is 14.7 Å². The van der Waals surface area contributed by atoms with E-state index >= 15 is 0 Å². The molecule has 1 amide bonds. The zero-order valence-corrected chi connectivity index (χ0v) is 25.9. The van der Waals surface area contributed by atoms with Crippen LogP contribution < -0.4 is 0 Å².